The zero-order valence-corrected chi connectivity index (χ0v) is 13.6. The third-order valence-electron chi connectivity index (χ3n) is 3.49. The maximum Gasteiger partial charge on any atom is 0.419 e. The Balaban J connectivity index is 2.07. The number of benzene rings is 2. The van der Waals surface area contributed by atoms with E-state index in [1.807, 2.05) is 43.3 Å². The number of oxazole rings is 1. The first-order chi connectivity index (χ1) is 10.1. The van der Waals surface area contributed by atoms with E-state index in [1.54, 1.807) is 10.6 Å². The number of aliphatic hydroxyl groups is 1. The summed E-state index contributed by atoms with van der Waals surface area (Å²) in [6.07, 6.45) is -0.737. The average Bonchev–Trinajstić information content (AvgIpc) is 2.80. The molecule has 108 valence electrons. The van der Waals surface area contributed by atoms with Gasteiger partial charge in [-0.2, -0.15) is 0 Å². The summed E-state index contributed by atoms with van der Waals surface area (Å²) in [6.45, 7) is 2.45. The summed E-state index contributed by atoms with van der Waals surface area (Å²) in [7, 11) is 0. The van der Waals surface area contributed by atoms with E-state index < -0.39 is 6.10 Å². The van der Waals surface area contributed by atoms with Crippen LogP contribution in [0.25, 0.3) is 11.1 Å². The summed E-state index contributed by atoms with van der Waals surface area (Å²) < 4.78 is 7.87. The third kappa shape index (κ3) is 2.63. The van der Waals surface area contributed by atoms with Crippen molar-refractivity contribution in [3.8, 4) is 0 Å². The van der Waals surface area contributed by atoms with E-state index in [9.17, 15) is 9.90 Å². The summed E-state index contributed by atoms with van der Waals surface area (Å²) in [4.78, 5) is 11.7. The SMILES string of the molecule is CCn1c(=O)oc2cc(C(O)c3cccc(I)c3)ccc21. The van der Waals surface area contributed by atoms with Gasteiger partial charge in [0.2, 0.25) is 0 Å². The van der Waals surface area contributed by atoms with Crippen molar-refractivity contribution in [3.63, 3.8) is 0 Å². The lowest BCUT2D eigenvalue weighted by molar-refractivity contribution is 0.220. The van der Waals surface area contributed by atoms with Gasteiger partial charge in [0.15, 0.2) is 5.58 Å². The molecule has 4 nitrogen and oxygen atoms in total. The molecule has 0 bridgehead atoms. The molecule has 2 aromatic carbocycles. The van der Waals surface area contributed by atoms with Crippen molar-refractivity contribution in [1.29, 1.82) is 0 Å². The predicted molar refractivity (Wildman–Crippen MR) is 89.4 cm³/mol. The van der Waals surface area contributed by atoms with Crippen molar-refractivity contribution in [3.05, 3.63) is 67.7 Å². The molecule has 1 atom stereocenters. The topological polar surface area (TPSA) is 55.4 Å². The van der Waals surface area contributed by atoms with E-state index in [0.717, 1.165) is 14.7 Å². The van der Waals surface area contributed by atoms with Crippen LogP contribution in [-0.2, 0) is 6.54 Å². The highest BCUT2D eigenvalue weighted by atomic mass is 127. The fourth-order valence-electron chi connectivity index (χ4n) is 2.42. The molecule has 0 fully saturated rings. The van der Waals surface area contributed by atoms with Gasteiger partial charge in [-0.1, -0.05) is 18.2 Å². The molecule has 0 radical (unpaired) electrons. The van der Waals surface area contributed by atoms with Crippen LogP contribution in [0.15, 0.2) is 51.7 Å². The van der Waals surface area contributed by atoms with E-state index >= 15 is 0 Å². The van der Waals surface area contributed by atoms with E-state index in [-0.39, 0.29) is 5.76 Å². The van der Waals surface area contributed by atoms with Crippen molar-refractivity contribution >= 4 is 33.7 Å². The Morgan fingerprint density at radius 1 is 1.24 bits per heavy atom. The molecule has 1 aromatic heterocycles. The van der Waals surface area contributed by atoms with Gasteiger partial charge in [0.05, 0.1) is 5.52 Å². The van der Waals surface area contributed by atoms with E-state index in [1.165, 1.54) is 0 Å². The second-order valence-electron chi connectivity index (χ2n) is 4.80. The Kier molecular flexibility index (Phi) is 3.86. The summed E-state index contributed by atoms with van der Waals surface area (Å²) in [5, 5.41) is 10.5. The molecule has 0 aliphatic carbocycles. The van der Waals surface area contributed by atoms with Crippen LogP contribution in [0.3, 0.4) is 0 Å². The zero-order chi connectivity index (χ0) is 15.0. The molecule has 1 N–H and O–H groups in total. The van der Waals surface area contributed by atoms with E-state index in [4.69, 9.17) is 4.42 Å². The van der Waals surface area contributed by atoms with Crippen LogP contribution in [-0.4, -0.2) is 9.67 Å². The van der Waals surface area contributed by atoms with Crippen molar-refractivity contribution < 1.29 is 9.52 Å². The Hall–Kier alpha value is -1.60. The van der Waals surface area contributed by atoms with Crippen LogP contribution in [0.2, 0.25) is 0 Å². The normalized spacial score (nSPS) is 12.7. The highest BCUT2D eigenvalue weighted by Gasteiger charge is 2.14. The lowest BCUT2D eigenvalue weighted by atomic mass is 10.0. The molecule has 0 aliphatic heterocycles. The number of aryl methyl sites for hydroxylation is 1. The number of rotatable bonds is 3. The Morgan fingerprint density at radius 2 is 2.00 bits per heavy atom. The summed E-state index contributed by atoms with van der Waals surface area (Å²) in [5.41, 5.74) is 2.78. The molecule has 0 spiro atoms. The van der Waals surface area contributed by atoms with Crippen molar-refractivity contribution in [2.75, 3.05) is 0 Å². The Bertz CT molecular complexity index is 850. The van der Waals surface area contributed by atoms with Gasteiger partial charge >= 0.3 is 5.76 Å². The van der Waals surface area contributed by atoms with E-state index in [2.05, 4.69) is 22.6 Å². The first-order valence-corrected chi connectivity index (χ1v) is 7.75. The maximum atomic E-state index is 11.7. The molecule has 0 saturated carbocycles. The fraction of sp³-hybridized carbons (Fsp3) is 0.188. The summed E-state index contributed by atoms with van der Waals surface area (Å²) in [6, 6.07) is 13.1. The Morgan fingerprint density at radius 3 is 2.71 bits per heavy atom. The Labute approximate surface area is 135 Å². The predicted octanol–water partition coefficient (Wildman–Crippen LogP) is 3.30. The third-order valence-corrected chi connectivity index (χ3v) is 4.16. The molecule has 1 unspecified atom stereocenters. The molecular weight excluding hydrogens is 381 g/mol. The number of hydrogen-bond donors (Lipinski definition) is 1. The number of aliphatic hydroxyl groups excluding tert-OH is 1. The molecule has 1 heterocycles. The van der Waals surface area contributed by atoms with Gasteiger partial charge in [0.25, 0.3) is 0 Å². The fourth-order valence-corrected chi connectivity index (χ4v) is 2.99. The second-order valence-corrected chi connectivity index (χ2v) is 6.04. The molecular formula is C16H14INO3. The molecule has 0 saturated heterocycles. The monoisotopic (exact) mass is 395 g/mol. The molecule has 3 rings (SSSR count). The number of hydrogen-bond acceptors (Lipinski definition) is 3. The lowest BCUT2D eigenvalue weighted by Gasteiger charge is -2.11. The molecule has 21 heavy (non-hydrogen) atoms. The number of aromatic nitrogens is 1. The second kappa shape index (κ2) is 5.65. The van der Waals surface area contributed by atoms with Crippen LogP contribution in [0.4, 0.5) is 0 Å². The molecule has 3 aromatic rings. The number of nitrogens with zero attached hydrogens (tertiary/aromatic N) is 1. The largest absolute Gasteiger partial charge is 0.419 e. The quantitative estimate of drug-likeness (QED) is 0.693. The number of fused-ring (bicyclic) bond motifs is 1. The van der Waals surface area contributed by atoms with Gasteiger partial charge in [0, 0.05) is 10.1 Å². The first kappa shape index (κ1) is 14.3. The minimum Gasteiger partial charge on any atom is -0.408 e. The van der Waals surface area contributed by atoms with Crippen LogP contribution in [0.1, 0.15) is 24.2 Å². The highest BCUT2D eigenvalue weighted by molar-refractivity contribution is 14.1. The molecule has 0 amide bonds. The van der Waals surface area contributed by atoms with Crippen molar-refractivity contribution in [2.24, 2.45) is 0 Å². The van der Waals surface area contributed by atoms with Gasteiger partial charge in [-0.25, -0.2) is 4.79 Å². The highest BCUT2D eigenvalue weighted by Crippen LogP contribution is 2.26. The van der Waals surface area contributed by atoms with Crippen molar-refractivity contribution in [2.45, 2.75) is 19.6 Å². The smallest absolute Gasteiger partial charge is 0.408 e. The van der Waals surface area contributed by atoms with Gasteiger partial charge in [-0.15, -0.1) is 0 Å². The van der Waals surface area contributed by atoms with Crippen LogP contribution in [0.5, 0.6) is 0 Å². The minimum atomic E-state index is -0.737. The van der Waals surface area contributed by atoms with Crippen LogP contribution in [0, 0.1) is 3.57 Å². The summed E-state index contributed by atoms with van der Waals surface area (Å²) in [5.74, 6) is -0.367. The first-order valence-electron chi connectivity index (χ1n) is 6.67. The number of halogens is 1. The van der Waals surface area contributed by atoms with Gasteiger partial charge in [0.1, 0.15) is 6.10 Å². The summed E-state index contributed by atoms with van der Waals surface area (Å²) >= 11 is 2.21. The van der Waals surface area contributed by atoms with Gasteiger partial charge in [-0.3, -0.25) is 4.57 Å². The van der Waals surface area contributed by atoms with Gasteiger partial charge < -0.3 is 9.52 Å². The molecule has 5 heteroatoms. The van der Waals surface area contributed by atoms with Crippen LogP contribution < -0.4 is 5.76 Å². The lowest BCUT2D eigenvalue weighted by Crippen LogP contribution is -2.11. The zero-order valence-electron chi connectivity index (χ0n) is 11.4. The van der Waals surface area contributed by atoms with Gasteiger partial charge in [-0.05, 0) is 64.9 Å². The average molecular weight is 395 g/mol. The van der Waals surface area contributed by atoms with E-state index in [0.29, 0.717) is 17.7 Å². The minimum absolute atomic E-state index is 0.367. The maximum absolute atomic E-state index is 11.7. The molecule has 0 aliphatic rings. The van der Waals surface area contributed by atoms with Crippen molar-refractivity contribution in [1.82, 2.24) is 4.57 Å². The standard InChI is InChI=1S/C16H14INO3/c1-2-18-13-7-6-11(9-14(13)21-16(18)20)15(19)10-4-3-5-12(17)8-10/h3-9,15,19H,2H2,1H3. The van der Waals surface area contributed by atoms with Crippen LogP contribution >= 0.6 is 22.6 Å².